The number of rotatable bonds is 6. The molecule has 1 aromatic heterocycles. The highest BCUT2D eigenvalue weighted by Gasteiger charge is 2.20. The minimum absolute atomic E-state index is 0.488. The Morgan fingerprint density at radius 2 is 1.78 bits per heavy atom. The van der Waals surface area contributed by atoms with Gasteiger partial charge < -0.3 is 14.8 Å². The van der Waals surface area contributed by atoms with Crippen LogP contribution in [0.5, 0.6) is 11.5 Å². The summed E-state index contributed by atoms with van der Waals surface area (Å²) in [5.41, 5.74) is 2.30. The molecule has 1 N–H and O–H groups in total. The molecule has 1 fully saturated rings. The van der Waals surface area contributed by atoms with Crippen LogP contribution in [0.25, 0.3) is 10.2 Å². The Hall–Kier alpha value is -2.31. The molecule has 142 valence electrons. The first-order chi connectivity index (χ1) is 13.2. The third-order valence-corrected chi connectivity index (χ3v) is 5.99. The Balaban J connectivity index is 1.33. The first-order valence-corrected chi connectivity index (χ1v) is 10.1. The molecule has 2 aromatic carbocycles. The molecule has 1 aliphatic rings. The highest BCUT2D eigenvalue weighted by molar-refractivity contribution is 7.22. The summed E-state index contributed by atoms with van der Waals surface area (Å²) in [5.74, 6) is 1.69. The van der Waals surface area contributed by atoms with Crippen molar-refractivity contribution < 1.29 is 9.47 Å². The van der Waals surface area contributed by atoms with Crippen molar-refractivity contribution in [3.8, 4) is 11.5 Å². The summed E-state index contributed by atoms with van der Waals surface area (Å²) in [6, 6.07) is 14.9. The molecule has 0 radical (unpaired) electrons. The third-order valence-electron chi connectivity index (χ3n) is 5.03. The molecule has 0 bridgehead atoms. The maximum atomic E-state index is 5.38. The average molecular weight is 384 g/mol. The molecule has 27 heavy (non-hydrogen) atoms. The third kappa shape index (κ3) is 4.34. The van der Waals surface area contributed by atoms with Crippen LogP contribution in [0.4, 0.5) is 5.13 Å². The SMILES string of the molecule is COc1cc(CN2CCC(Nc3nc4ccccc4s3)CC2)cc(OC)c1. The minimum Gasteiger partial charge on any atom is -0.497 e. The van der Waals surface area contributed by atoms with Crippen molar-refractivity contribution in [2.45, 2.75) is 25.4 Å². The summed E-state index contributed by atoms with van der Waals surface area (Å²) in [6.45, 7) is 3.06. The molecule has 0 aliphatic carbocycles. The van der Waals surface area contributed by atoms with Crippen molar-refractivity contribution in [1.29, 1.82) is 0 Å². The molecule has 2 heterocycles. The molecule has 1 saturated heterocycles. The van der Waals surface area contributed by atoms with E-state index in [-0.39, 0.29) is 0 Å². The van der Waals surface area contributed by atoms with E-state index in [1.165, 1.54) is 10.3 Å². The van der Waals surface area contributed by atoms with Gasteiger partial charge in [0.2, 0.25) is 0 Å². The van der Waals surface area contributed by atoms with Crippen LogP contribution in [0.1, 0.15) is 18.4 Å². The predicted molar refractivity (Wildman–Crippen MR) is 111 cm³/mol. The van der Waals surface area contributed by atoms with Crippen LogP contribution in [0, 0.1) is 0 Å². The Labute approximate surface area is 163 Å². The van der Waals surface area contributed by atoms with E-state index in [4.69, 9.17) is 14.5 Å². The minimum atomic E-state index is 0.488. The number of piperidine rings is 1. The van der Waals surface area contributed by atoms with Gasteiger partial charge in [-0.2, -0.15) is 0 Å². The van der Waals surface area contributed by atoms with E-state index in [0.29, 0.717) is 6.04 Å². The van der Waals surface area contributed by atoms with Crippen molar-refractivity contribution in [3.05, 3.63) is 48.0 Å². The first-order valence-electron chi connectivity index (χ1n) is 9.30. The smallest absolute Gasteiger partial charge is 0.184 e. The number of hydrogen-bond acceptors (Lipinski definition) is 6. The van der Waals surface area contributed by atoms with E-state index in [1.54, 1.807) is 25.6 Å². The van der Waals surface area contributed by atoms with E-state index >= 15 is 0 Å². The number of hydrogen-bond donors (Lipinski definition) is 1. The van der Waals surface area contributed by atoms with Gasteiger partial charge in [0.25, 0.3) is 0 Å². The second-order valence-electron chi connectivity index (χ2n) is 6.90. The van der Waals surface area contributed by atoms with Gasteiger partial charge in [0.15, 0.2) is 5.13 Å². The average Bonchev–Trinajstić information content (AvgIpc) is 3.11. The van der Waals surface area contributed by atoms with E-state index in [9.17, 15) is 0 Å². The summed E-state index contributed by atoms with van der Waals surface area (Å²) in [6.07, 6.45) is 2.24. The van der Waals surface area contributed by atoms with Gasteiger partial charge in [-0.15, -0.1) is 0 Å². The standard InChI is InChI=1S/C21H25N3O2S/c1-25-17-11-15(12-18(13-17)26-2)14-24-9-7-16(8-10-24)22-21-23-19-5-3-4-6-20(19)27-21/h3-6,11-13,16H,7-10,14H2,1-2H3,(H,22,23). The monoisotopic (exact) mass is 383 g/mol. The van der Waals surface area contributed by atoms with Crippen molar-refractivity contribution in [2.75, 3.05) is 32.6 Å². The van der Waals surface area contributed by atoms with E-state index in [0.717, 1.165) is 54.6 Å². The molecular weight excluding hydrogens is 358 g/mol. The molecule has 3 aromatic rings. The van der Waals surface area contributed by atoms with Crippen molar-refractivity contribution in [2.24, 2.45) is 0 Å². The topological polar surface area (TPSA) is 46.6 Å². The Bertz CT molecular complexity index is 848. The second-order valence-corrected chi connectivity index (χ2v) is 7.93. The van der Waals surface area contributed by atoms with Gasteiger partial charge in [0, 0.05) is 31.7 Å². The van der Waals surface area contributed by atoms with Gasteiger partial charge >= 0.3 is 0 Å². The quantitative estimate of drug-likeness (QED) is 0.684. The number of fused-ring (bicyclic) bond motifs is 1. The number of methoxy groups -OCH3 is 2. The lowest BCUT2D eigenvalue weighted by molar-refractivity contribution is 0.211. The molecule has 0 amide bonds. The Kier molecular flexibility index (Phi) is 5.45. The Morgan fingerprint density at radius 3 is 2.44 bits per heavy atom. The lowest BCUT2D eigenvalue weighted by Gasteiger charge is -2.32. The number of benzene rings is 2. The number of nitrogens with one attached hydrogen (secondary N) is 1. The van der Waals surface area contributed by atoms with Crippen LogP contribution in [-0.4, -0.2) is 43.2 Å². The molecule has 0 spiro atoms. The number of likely N-dealkylation sites (tertiary alicyclic amines) is 1. The van der Waals surface area contributed by atoms with Crippen LogP contribution in [0.2, 0.25) is 0 Å². The lowest BCUT2D eigenvalue weighted by Crippen LogP contribution is -2.38. The van der Waals surface area contributed by atoms with E-state index in [2.05, 4.69) is 40.5 Å². The normalized spacial score (nSPS) is 15.8. The summed E-state index contributed by atoms with van der Waals surface area (Å²) in [5, 5.41) is 4.67. The maximum absolute atomic E-state index is 5.38. The largest absolute Gasteiger partial charge is 0.497 e. The van der Waals surface area contributed by atoms with Crippen LogP contribution in [-0.2, 0) is 6.54 Å². The first kappa shape index (κ1) is 18.1. The van der Waals surface area contributed by atoms with Crippen LogP contribution in [0.15, 0.2) is 42.5 Å². The summed E-state index contributed by atoms with van der Waals surface area (Å²) >= 11 is 1.74. The van der Waals surface area contributed by atoms with Gasteiger partial charge in [0.05, 0.1) is 24.4 Å². The maximum Gasteiger partial charge on any atom is 0.184 e. The molecular formula is C21H25N3O2S. The zero-order valence-electron chi connectivity index (χ0n) is 15.8. The lowest BCUT2D eigenvalue weighted by atomic mass is 10.0. The number of nitrogens with zero attached hydrogens (tertiary/aromatic N) is 2. The second kappa shape index (κ2) is 8.15. The van der Waals surface area contributed by atoms with Crippen molar-refractivity contribution in [3.63, 3.8) is 0 Å². The van der Waals surface area contributed by atoms with Crippen LogP contribution < -0.4 is 14.8 Å². The molecule has 0 unspecified atom stereocenters. The summed E-state index contributed by atoms with van der Waals surface area (Å²) in [7, 11) is 3.38. The van der Waals surface area contributed by atoms with Crippen molar-refractivity contribution >= 4 is 26.7 Å². The van der Waals surface area contributed by atoms with Gasteiger partial charge in [0.1, 0.15) is 11.5 Å². The predicted octanol–water partition coefficient (Wildman–Crippen LogP) is 4.39. The fourth-order valence-electron chi connectivity index (χ4n) is 3.56. The van der Waals surface area contributed by atoms with Crippen molar-refractivity contribution in [1.82, 2.24) is 9.88 Å². The number of para-hydroxylation sites is 1. The number of thiazole rings is 1. The number of anilines is 1. The molecule has 1 aliphatic heterocycles. The van der Waals surface area contributed by atoms with E-state index in [1.807, 2.05) is 12.1 Å². The van der Waals surface area contributed by atoms with Crippen LogP contribution in [0.3, 0.4) is 0 Å². The van der Waals surface area contributed by atoms with Gasteiger partial charge in [-0.3, -0.25) is 4.90 Å². The zero-order valence-corrected chi connectivity index (χ0v) is 16.6. The molecule has 4 rings (SSSR count). The summed E-state index contributed by atoms with van der Waals surface area (Å²) in [4.78, 5) is 7.19. The zero-order chi connectivity index (χ0) is 18.6. The molecule has 0 atom stereocenters. The highest BCUT2D eigenvalue weighted by atomic mass is 32.1. The molecule has 5 nitrogen and oxygen atoms in total. The number of aromatic nitrogens is 1. The fourth-order valence-corrected chi connectivity index (χ4v) is 4.50. The molecule has 0 saturated carbocycles. The Morgan fingerprint density at radius 1 is 1.07 bits per heavy atom. The fraction of sp³-hybridized carbons (Fsp3) is 0.381. The summed E-state index contributed by atoms with van der Waals surface area (Å²) < 4.78 is 12.0. The molecule has 6 heteroatoms. The van der Waals surface area contributed by atoms with Crippen LogP contribution >= 0.6 is 11.3 Å². The van der Waals surface area contributed by atoms with Gasteiger partial charge in [-0.25, -0.2) is 4.98 Å². The highest BCUT2D eigenvalue weighted by Crippen LogP contribution is 2.28. The van der Waals surface area contributed by atoms with E-state index < -0.39 is 0 Å². The number of ether oxygens (including phenoxy) is 2. The van der Waals surface area contributed by atoms with Gasteiger partial charge in [-0.1, -0.05) is 23.5 Å². The van der Waals surface area contributed by atoms with Gasteiger partial charge in [-0.05, 0) is 42.7 Å².